The van der Waals surface area contributed by atoms with E-state index in [1.165, 1.54) is 14.1 Å². The zero-order valence-corrected chi connectivity index (χ0v) is 12.5. The number of thiophene rings is 1. The van der Waals surface area contributed by atoms with Gasteiger partial charge in [0.05, 0.1) is 23.5 Å². The van der Waals surface area contributed by atoms with Crippen LogP contribution in [0.1, 0.15) is 20.0 Å². The van der Waals surface area contributed by atoms with E-state index in [0.29, 0.717) is 5.00 Å². The Kier molecular flexibility index (Phi) is 4.35. The highest BCUT2D eigenvalue weighted by Gasteiger charge is 2.35. The van der Waals surface area contributed by atoms with E-state index in [4.69, 9.17) is 5.73 Å². The maximum absolute atomic E-state index is 12.0. The Bertz CT molecular complexity index is 564. The van der Waals surface area contributed by atoms with Crippen molar-refractivity contribution < 1.29 is 19.8 Å². The smallest absolute Gasteiger partial charge is 0.263 e. The number of nitrogens with zero attached hydrogens (tertiary/aromatic N) is 1. The van der Waals surface area contributed by atoms with Gasteiger partial charge in [-0.15, -0.1) is 11.3 Å². The first-order valence-corrected chi connectivity index (χ1v) is 7.19. The van der Waals surface area contributed by atoms with Crippen molar-refractivity contribution in [2.45, 2.75) is 12.2 Å². The molecule has 2 rings (SSSR count). The van der Waals surface area contributed by atoms with Gasteiger partial charge in [0, 0.05) is 27.2 Å². The number of hydrogen-bond donors (Lipinski definition) is 5. The van der Waals surface area contributed by atoms with Gasteiger partial charge in [0.15, 0.2) is 0 Å². The zero-order valence-electron chi connectivity index (χ0n) is 11.7. The van der Waals surface area contributed by atoms with Crippen LogP contribution in [0.3, 0.4) is 0 Å². The Morgan fingerprint density at radius 3 is 2.19 bits per heavy atom. The van der Waals surface area contributed by atoms with Gasteiger partial charge in [-0.3, -0.25) is 9.59 Å². The molecule has 21 heavy (non-hydrogen) atoms. The molecule has 1 aromatic rings. The maximum atomic E-state index is 12.0. The van der Waals surface area contributed by atoms with Gasteiger partial charge in [-0.2, -0.15) is 0 Å². The summed E-state index contributed by atoms with van der Waals surface area (Å²) < 4.78 is 0. The lowest BCUT2D eigenvalue weighted by molar-refractivity contribution is 0.0572. The highest BCUT2D eigenvalue weighted by molar-refractivity contribution is 7.19. The molecule has 1 saturated heterocycles. The molecule has 2 atom stereocenters. The highest BCUT2D eigenvalue weighted by atomic mass is 32.1. The molecule has 2 heterocycles. The lowest BCUT2D eigenvalue weighted by atomic mass is 10.2. The minimum Gasteiger partial charge on any atom is -0.397 e. The topological polar surface area (TPSA) is 128 Å². The average molecular weight is 314 g/mol. The third kappa shape index (κ3) is 2.67. The Labute approximate surface area is 125 Å². The molecule has 0 aromatic carbocycles. The van der Waals surface area contributed by atoms with Crippen molar-refractivity contribution >= 4 is 33.8 Å². The molecule has 6 N–H and O–H groups in total. The molecule has 0 radical (unpaired) electrons. The number of anilines is 2. The van der Waals surface area contributed by atoms with Crippen LogP contribution in [-0.2, 0) is 0 Å². The van der Waals surface area contributed by atoms with E-state index in [1.54, 1.807) is 4.90 Å². The first-order chi connectivity index (χ1) is 9.90. The molecule has 1 aliphatic heterocycles. The normalized spacial score (nSPS) is 21.4. The molecule has 0 aliphatic carbocycles. The summed E-state index contributed by atoms with van der Waals surface area (Å²) in [7, 11) is 2.94. The van der Waals surface area contributed by atoms with Crippen molar-refractivity contribution in [3.05, 3.63) is 10.4 Å². The molecule has 8 nitrogen and oxygen atoms in total. The van der Waals surface area contributed by atoms with Crippen molar-refractivity contribution in [2.24, 2.45) is 0 Å². The van der Waals surface area contributed by atoms with Crippen LogP contribution in [0.4, 0.5) is 10.7 Å². The van der Waals surface area contributed by atoms with Gasteiger partial charge in [0.25, 0.3) is 11.8 Å². The third-order valence-electron chi connectivity index (χ3n) is 3.36. The van der Waals surface area contributed by atoms with E-state index in [9.17, 15) is 19.8 Å². The predicted octanol–water partition coefficient (Wildman–Crippen LogP) is -1.41. The number of hydrogen-bond acceptors (Lipinski definition) is 7. The van der Waals surface area contributed by atoms with E-state index < -0.39 is 18.1 Å². The number of aliphatic hydroxyl groups is 2. The lowest BCUT2D eigenvalue weighted by Gasteiger charge is -2.17. The summed E-state index contributed by atoms with van der Waals surface area (Å²) in [6.07, 6.45) is -1.79. The summed E-state index contributed by atoms with van der Waals surface area (Å²) in [5.41, 5.74) is 6.23. The van der Waals surface area contributed by atoms with Crippen LogP contribution >= 0.6 is 11.3 Å². The first-order valence-electron chi connectivity index (χ1n) is 6.38. The number of carbonyl (C=O) groups is 2. The van der Waals surface area contributed by atoms with E-state index in [1.807, 2.05) is 0 Å². The summed E-state index contributed by atoms with van der Waals surface area (Å²) in [4.78, 5) is 25.8. The van der Waals surface area contributed by atoms with Crippen LogP contribution in [0.5, 0.6) is 0 Å². The summed E-state index contributed by atoms with van der Waals surface area (Å²) in [6.45, 7) is 0.358. The summed E-state index contributed by atoms with van der Waals surface area (Å²) in [6, 6.07) is 0. The number of aliphatic hydroxyl groups excluding tert-OH is 2. The highest BCUT2D eigenvalue weighted by Crippen LogP contribution is 2.39. The van der Waals surface area contributed by atoms with Gasteiger partial charge in [-0.25, -0.2) is 0 Å². The van der Waals surface area contributed by atoms with Crippen LogP contribution in [0.25, 0.3) is 0 Å². The Morgan fingerprint density at radius 1 is 1.19 bits per heavy atom. The maximum Gasteiger partial charge on any atom is 0.263 e. The van der Waals surface area contributed by atoms with E-state index >= 15 is 0 Å². The van der Waals surface area contributed by atoms with Crippen LogP contribution < -0.4 is 21.3 Å². The summed E-state index contributed by atoms with van der Waals surface area (Å²) in [5.74, 6) is -0.793. The minimum atomic E-state index is -0.894. The SMILES string of the molecule is CNC(=O)c1sc(N2CC(O)C(O)C2)c(C(=O)NC)c1N. The molecular weight excluding hydrogens is 296 g/mol. The number of β-amino-alcohol motifs (C(OH)–C–C–N with tert-alkyl or cyclic N) is 2. The molecular formula is C12H18N4O4S. The fourth-order valence-corrected chi connectivity index (χ4v) is 3.40. The third-order valence-corrected chi connectivity index (χ3v) is 4.63. The van der Waals surface area contributed by atoms with Gasteiger partial charge in [0.2, 0.25) is 0 Å². The molecule has 1 aliphatic rings. The van der Waals surface area contributed by atoms with Crippen molar-refractivity contribution in [3.63, 3.8) is 0 Å². The second kappa shape index (κ2) is 5.88. The molecule has 0 saturated carbocycles. The molecule has 2 amide bonds. The van der Waals surface area contributed by atoms with Crippen molar-refractivity contribution in [1.82, 2.24) is 10.6 Å². The number of amides is 2. The van der Waals surface area contributed by atoms with Crippen LogP contribution in [0, 0.1) is 0 Å². The second-order valence-corrected chi connectivity index (χ2v) is 5.72. The monoisotopic (exact) mass is 314 g/mol. The lowest BCUT2D eigenvalue weighted by Crippen LogP contribution is -2.26. The number of carbonyl (C=O) groups excluding carboxylic acids is 2. The van der Waals surface area contributed by atoms with E-state index in [2.05, 4.69) is 10.6 Å². The second-order valence-electron chi connectivity index (χ2n) is 4.72. The molecule has 1 aromatic heterocycles. The molecule has 2 unspecified atom stereocenters. The van der Waals surface area contributed by atoms with Gasteiger partial charge in [0.1, 0.15) is 9.88 Å². The Hall–Kier alpha value is -1.84. The zero-order chi connectivity index (χ0) is 15.7. The average Bonchev–Trinajstić information content (AvgIpc) is 2.98. The number of nitrogen functional groups attached to an aromatic ring is 1. The summed E-state index contributed by atoms with van der Waals surface area (Å²) in [5, 5.41) is 24.7. The fourth-order valence-electron chi connectivity index (χ4n) is 2.22. The van der Waals surface area contributed by atoms with E-state index in [0.717, 1.165) is 11.3 Å². The number of rotatable bonds is 3. The summed E-state index contributed by atoms with van der Waals surface area (Å²) >= 11 is 1.07. The number of nitrogens with one attached hydrogen (secondary N) is 2. The quantitative estimate of drug-likeness (QED) is 0.466. The molecule has 0 spiro atoms. The Balaban J connectivity index is 2.49. The minimum absolute atomic E-state index is 0.101. The first kappa shape index (κ1) is 15.5. The van der Waals surface area contributed by atoms with Gasteiger partial charge >= 0.3 is 0 Å². The molecule has 1 fully saturated rings. The van der Waals surface area contributed by atoms with Gasteiger partial charge in [-0.1, -0.05) is 0 Å². The van der Waals surface area contributed by atoms with Crippen molar-refractivity contribution in [3.8, 4) is 0 Å². The van der Waals surface area contributed by atoms with Crippen LogP contribution in [-0.4, -0.2) is 61.4 Å². The molecule has 9 heteroatoms. The fraction of sp³-hybridized carbons (Fsp3) is 0.500. The number of nitrogens with two attached hydrogens (primary N) is 1. The van der Waals surface area contributed by atoms with E-state index in [-0.39, 0.29) is 35.1 Å². The van der Waals surface area contributed by atoms with Gasteiger partial charge < -0.3 is 31.5 Å². The van der Waals surface area contributed by atoms with Crippen molar-refractivity contribution in [2.75, 3.05) is 37.8 Å². The van der Waals surface area contributed by atoms with Crippen molar-refractivity contribution in [1.29, 1.82) is 0 Å². The Morgan fingerprint density at radius 2 is 1.71 bits per heavy atom. The predicted molar refractivity (Wildman–Crippen MR) is 79.7 cm³/mol. The standard InChI is InChI=1S/C12H18N4O4S/c1-14-10(19)7-8(13)9(11(20)15-2)21-12(7)16-3-5(17)6(18)4-16/h5-6,17-18H,3-4,13H2,1-2H3,(H,14,19)(H,15,20). The largest absolute Gasteiger partial charge is 0.397 e. The van der Waals surface area contributed by atoms with Crippen LogP contribution in [0.2, 0.25) is 0 Å². The van der Waals surface area contributed by atoms with Crippen LogP contribution in [0.15, 0.2) is 0 Å². The molecule has 0 bridgehead atoms. The molecule has 116 valence electrons. The van der Waals surface area contributed by atoms with Gasteiger partial charge in [-0.05, 0) is 0 Å².